The molecule has 0 unspecified atom stereocenters. The molecule has 0 saturated carbocycles. The van der Waals surface area contributed by atoms with E-state index in [-0.39, 0.29) is 23.3 Å². The molecule has 0 aliphatic carbocycles. The van der Waals surface area contributed by atoms with E-state index in [1.54, 1.807) is 107 Å². The van der Waals surface area contributed by atoms with E-state index in [0.29, 0.717) is 58.2 Å². The smallest absolute Gasteiger partial charge is 0.343 e. The summed E-state index contributed by atoms with van der Waals surface area (Å²) in [5.41, 5.74) is 5.13. The maximum atomic E-state index is 12.8. The van der Waals surface area contributed by atoms with E-state index in [1.165, 1.54) is 14.2 Å². The summed E-state index contributed by atoms with van der Waals surface area (Å²) in [4.78, 5) is 53.9. The Kier molecular flexibility index (Phi) is 10.2. The van der Waals surface area contributed by atoms with Crippen molar-refractivity contribution in [1.29, 1.82) is 0 Å². The highest BCUT2D eigenvalue weighted by Crippen LogP contribution is 2.39. The van der Waals surface area contributed by atoms with Gasteiger partial charge in [0.25, 0.3) is 11.8 Å². The van der Waals surface area contributed by atoms with Crippen LogP contribution in [-0.4, -0.2) is 38.0 Å². The van der Waals surface area contributed by atoms with Crippen molar-refractivity contribution in [3.63, 3.8) is 0 Å². The molecule has 0 saturated heterocycles. The van der Waals surface area contributed by atoms with Gasteiger partial charge in [-0.1, -0.05) is 72.8 Å². The van der Waals surface area contributed by atoms with E-state index < -0.39 is 11.9 Å². The number of carbonyl (C=O) groups excluding carboxylic acids is 4. The molecular formula is C44H34N2O8. The van der Waals surface area contributed by atoms with E-state index in [2.05, 4.69) is 0 Å². The molecule has 6 aromatic carbocycles. The van der Waals surface area contributed by atoms with Crippen molar-refractivity contribution < 1.29 is 38.1 Å². The normalized spacial score (nSPS) is 12.6. The fraction of sp³-hybridized carbons (Fsp3) is 0.0909. The molecule has 0 N–H and O–H groups in total. The van der Waals surface area contributed by atoms with Gasteiger partial charge in [0.05, 0.1) is 49.8 Å². The molecule has 0 spiro atoms. The van der Waals surface area contributed by atoms with Gasteiger partial charge < -0.3 is 28.7 Å². The summed E-state index contributed by atoms with van der Waals surface area (Å²) >= 11 is 0. The molecule has 2 heterocycles. The Bertz CT molecular complexity index is 2190. The lowest BCUT2D eigenvalue weighted by Crippen LogP contribution is -2.24. The first kappa shape index (κ1) is 35.2. The van der Waals surface area contributed by atoms with Crippen LogP contribution in [0.15, 0.2) is 146 Å². The molecule has 268 valence electrons. The Morgan fingerprint density at radius 2 is 0.852 bits per heavy atom. The second kappa shape index (κ2) is 15.6. The minimum absolute atomic E-state index is 0.118. The van der Waals surface area contributed by atoms with Gasteiger partial charge in [-0.15, -0.1) is 0 Å². The zero-order valence-electron chi connectivity index (χ0n) is 29.4. The molecule has 0 radical (unpaired) electrons. The maximum absolute atomic E-state index is 12.8. The first-order chi connectivity index (χ1) is 26.3. The Morgan fingerprint density at radius 1 is 0.481 bits per heavy atom. The minimum Gasteiger partial charge on any atom is -0.497 e. The quantitative estimate of drug-likeness (QED) is 0.115. The van der Waals surface area contributed by atoms with Gasteiger partial charge in [0.15, 0.2) is 11.5 Å². The maximum Gasteiger partial charge on any atom is 0.343 e. The summed E-state index contributed by atoms with van der Waals surface area (Å²) in [6, 6.07) is 42.6. The Balaban J connectivity index is 0.000000167. The van der Waals surface area contributed by atoms with Crippen molar-refractivity contribution in [3.8, 4) is 23.0 Å². The fourth-order valence-electron chi connectivity index (χ4n) is 6.22. The van der Waals surface area contributed by atoms with Crippen molar-refractivity contribution in [3.05, 3.63) is 179 Å². The predicted octanol–water partition coefficient (Wildman–Crippen LogP) is 8.15. The summed E-state index contributed by atoms with van der Waals surface area (Å²) < 4.78 is 21.7. The summed E-state index contributed by atoms with van der Waals surface area (Å²) in [5.74, 6) is 0.426. The minimum atomic E-state index is -0.491. The number of methoxy groups -OCH3 is 2. The van der Waals surface area contributed by atoms with Crippen LogP contribution in [-0.2, 0) is 13.1 Å². The van der Waals surface area contributed by atoms with Crippen LogP contribution in [0.1, 0.15) is 52.6 Å². The monoisotopic (exact) mass is 718 g/mol. The van der Waals surface area contributed by atoms with Gasteiger partial charge in [-0.25, -0.2) is 9.59 Å². The topological polar surface area (TPSA) is 112 Å². The average molecular weight is 719 g/mol. The lowest BCUT2D eigenvalue weighted by Gasteiger charge is -2.20. The van der Waals surface area contributed by atoms with Gasteiger partial charge >= 0.3 is 11.9 Å². The van der Waals surface area contributed by atoms with Crippen LogP contribution in [0.4, 0.5) is 11.4 Å². The number of rotatable bonds is 8. The zero-order chi connectivity index (χ0) is 37.6. The second-order valence-corrected chi connectivity index (χ2v) is 12.3. The summed E-state index contributed by atoms with van der Waals surface area (Å²) in [7, 11) is 3.07. The molecule has 0 aromatic heterocycles. The first-order valence-corrected chi connectivity index (χ1v) is 17.0. The van der Waals surface area contributed by atoms with Crippen LogP contribution in [0.2, 0.25) is 0 Å². The van der Waals surface area contributed by atoms with Crippen LogP contribution in [0.25, 0.3) is 0 Å². The van der Waals surface area contributed by atoms with E-state index in [9.17, 15) is 19.2 Å². The Hall–Kier alpha value is -7.20. The number of esters is 2. The summed E-state index contributed by atoms with van der Waals surface area (Å²) in [5, 5.41) is 0. The molecule has 10 heteroatoms. The predicted molar refractivity (Wildman–Crippen MR) is 203 cm³/mol. The van der Waals surface area contributed by atoms with Gasteiger partial charge in [-0.05, 0) is 71.8 Å². The van der Waals surface area contributed by atoms with Gasteiger partial charge in [0.2, 0.25) is 0 Å². The van der Waals surface area contributed by atoms with Crippen molar-refractivity contribution >= 4 is 35.1 Å². The van der Waals surface area contributed by atoms with Crippen molar-refractivity contribution in [2.45, 2.75) is 13.1 Å². The third-order valence-electron chi connectivity index (χ3n) is 8.98. The molecule has 2 amide bonds. The number of ether oxygens (including phenoxy) is 4. The number of carbonyl (C=O) groups is 4. The van der Waals surface area contributed by atoms with Crippen LogP contribution >= 0.6 is 0 Å². The molecule has 2 aliphatic heterocycles. The van der Waals surface area contributed by atoms with Gasteiger partial charge in [0.1, 0.15) is 11.5 Å². The highest BCUT2D eigenvalue weighted by Gasteiger charge is 2.32. The van der Waals surface area contributed by atoms with Crippen LogP contribution < -0.4 is 28.7 Å². The van der Waals surface area contributed by atoms with Gasteiger partial charge in [0, 0.05) is 23.3 Å². The molecule has 8 rings (SSSR count). The van der Waals surface area contributed by atoms with Crippen LogP contribution in [0.5, 0.6) is 23.0 Å². The highest BCUT2D eigenvalue weighted by molar-refractivity contribution is 6.12. The molecule has 0 fully saturated rings. The number of anilines is 2. The molecule has 0 bridgehead atoms. The lowest BCUT2D eigenvalue weighted by atomic mass is 10.1. The molecule has 2 aliphatic rings. The molecular weight excluding hydrogens is 684 g/mol. The van der Waals surface area contributed by atoms with Crippen LogP contribution in [0.3, 0.4) is 0 Å². The second-order valence-electron chi connectivity index (χ2n) is 12.3. The van der Waals surface area contributed by atoms with E-state index >= 15 is 0 Å². The van der Waals surface area contributed by atoms with E-state index in [4.69, 9.17) is 18.9 Å². The molecule has 10 nitrogen and oxygen atoms in total. The number of nitrogens with zero attached hydrogens (tertiary/aromatic N) is 2. The number of amides is 2. The van der Waals surface area contributed by atoms with Crippen molar-refractivity contribution in [2.24, 2.45) is 0 Å². The standard InChI is InChI=1S/2C22H17NO4/c2*1-26-17-11-12-19(23-14-16-9-5-6-10-18(16)21(23)24)20(13-17)27-22(25)15-7-3-2-4-8-15/h2*2-13H,14H2,1H3. The van der Waals surface area contributed by atoms with Gasteiger partial charge in [-0.3, -0.25) is 9.59 Å². The van der Waals surface area contributed by atoms with E-state index in [1.807, 2.05) is 48.5 Å². The van der Waals surface area contributed by atoms with Crippen LogP contribution in [0, 0.1) is 0 Å². The third-order valence-corrected chi connectivity index (χ3v) is 8.98. The number of hydrogen-bond acceptors (Lipinski definition) is 8. The molecule has 54 heavy (non-hydrogen) atoms. The Labute approximate surface area is 311 Å². The largest absolute Gasteiger partial charge is 0.497 e. The van der Waals surface area contributed by atoms with Gasteiger partial charge in [-0.2, -0.15) is 0 Å². The first-order valence-electron chi connectivity index (χ1n) is 17.0. The highest BCUT2D eigenvalue weighted by atomic mass is 16.5. The van der Waals surface area contributed by atoms with Crippen molar-refractivity contribution in [1.82, 2.24) is 0 Å². The third kappa shape index (κ3) is 7.26. The number of hydrogen-bond donors (Lipinski definition) is 0. The number of benzene rings is 6. The summed E-state index contributed by atoms with van der Waals surface area (Å²) in [6.07, 6.45) is 0. The molecule has 0 atom stereocenters. The number of fused-ring (bicyclic) bond motifs is 2. The van der Waals surface area contributed by atoms with E-state index in [0.717, 1.165) is 11.1 Å². The lowest BCUT2D eigenvalue weighted by molar-refractivity contribution is 0.0725. The Morgan fingerprint density at radius 3 is 1.22 bits per heavy atom. The SMILES string of the molecule is COc1ccc(N2Cc3ccccc3C2=O)c(OC(=O)c2ccccc2)c1.COc1ccc(N2Cc3ccccc3C2=O)c(OC(=O)c2ccccc2)c1. The van der Waals surface area contributed by atoms with Crippen molar-refractivity contribution in [2.75, 3.05) is 24.0 Å². The fourth-order valence-corrected chi connectivity index (χ4v) is 6.22. The molecule has 6 aromatic rings. The zero-order valence-corrected chi connectivity index (χ0v) is 29.4. The average Bonchev–Trinajstić information content (AvgIpc) is 3.74. The summed E-state index contributed by atoms with van der Waals surface area (Å²) in [6.45, 7) is 0.856.